The van der Waals surface area contributed by atoms with Crippen molar-refractivity contribution in [2.24, 2.45) is 0 Å². The fraction of sp³-hybridized carbons (Fsp3) is 0.429. The maximum Gasteiger partial charge on any atom is 0.0454 e. The van der Waals surface area contributed by atoms with Crippen molar-refractivity contribution < 1.29 is 1.43 Å². The molecule has 0 fully saturated rings. The Morgan fingerprint density at radius 3 is 2.67 bits per heavy atom. The van der Waals surface area contributed by atoms with Gasteiger partial charge in [0.05, 0.1) is 0 Å². The van der Waals surface area contributed by atoms with Crippen molar-refractivity contribution in [3.63, 3.8) is 0 Å². The molecule has 0 amide bonds. The van der Waals surface area contributed by atoms with Crippen LogP contribution in [-0.4, -0.2) is 4.98 Å². The smallest absolute Gasteiger partial charge is 0.0454 e. The van der Waals surface area contributed by atoms with E-state index in [-0.39, 0.29) is 1.43 Å². The second kappa shape index (κ2) is 5.59. The Bertz CT molecular complexity index is 406. The Morgan fingerprint density at radius 1 is 1.27 bits per heavy atom. The average molecular weight is 205 g/mol. The van der Waals surface area contributed by atoms with E-state index in [4.69, 9.17) is 0 Å². The van der Waals surface area contributed by atoms with Gasteiger partial charge in [-0.2, -0.15) is 0 Å². The second-order valence-corrected chi connectivity index (χ2v) is 3.63. The van der Waals surface area contributed by atoms with Crippen molar-refractivity contribution in [1.29, 1.82) is 0 Å². The summed E-state index contributed by atoms with van der Waals surface area (Å²) >= 11 is 0. The summed E-state index contributed by atoms with van der Waals surface area (Å²) in [5, 5.41) is 1.32. The van der Waals surface area contributed by atoms with Gasteiger partial charge in [-0.15, -0.1) is 0 Å². The van der Waals surface area contributed by atoms with Crippen molar-refractivity contribution >= 4 is 10.9 Å². The monoisotopic (exact) mass is 205 g/mol. The molecule has 0 aliphatic heterocycles. The molecule has 0 saturated carbocycles. The fourth-order valence-electron chi connectivity index (χ4n) is 1.61. The lowest BCUT2D eigenvalue weighted by atomic mass is 9.98. The summed E-state index contributed by atoms with van der Waals surface area (Å²) in [6.45, 7) is 8.50. The van der Waals surface area contributed by atoms with Crippen molar-refractivity contribution in [1.82, 2.24) is 4.98 Å². The second-order valence-electron chi connectivity index (χ2n) is 3.63. The summed E-state index contributed by atoms with van der Waals surface area (Å²) in [7, 11) is 0. The summed E-state index contributed by atoms with van der Waals surface area (Å²) in [4.78, 5) is 3.20. The number of hydrogen-bond donors (Lipinski definition) is 1. The molecular formula is C14H23N. The van der Waals surface area contributed by atoms with E-state index in [1.54, 1.807) is 0 Å². The molecule has 0 aliphatic rings. The number of rotatable bonds is 2. The van der Waals surface area contributed by atoms with Gasteiger partial charge in [0.15, 0.2) is 0 Å². The van der Waals surface area contributed by atoms with Crippen LogP contribution in [-0.2, 0) is 0 Å². The number of fused-ring (bicyclic) bond motifs is 1. The van der Waals surface area contributed by atoms with E-state index in [2.05, 4.69) is 43.1 Å². The molecule has 0 bridgehead atoms. The van der Waals surface area contributed by atoms with Gasteiger partial charge < -0.3 is 4.98 Å². The Morgan fingerprint density at radius 2 is 2.00 bits per heavy atom. The lowest BCUT2D eigenvalue weighted by Gasteiger charge is -2.08. The number of benzene rings is 1. The first-order chi connectivity index (χ1) is 7.31. The SMILES string of the molecule is CC.CCC(C)c1ccc2[nH]ccc2c1.[HH]. The van der Waals surface area contributed by atoms with E-state index in [0.717, 1.165) is 0 Å². The summed E-state index contributed by atoms with van der Waals surface area (Å²) in [6, 6.07) is 8.78. The molecule has 1 unspecified atom stereocenters. The highest BCUT2D eigenvalue weighted by Gasteiger charge is 2.03. The Labute approximate surface area is 94.0 Å². The quantitative estimate of drug-likeness (QED) is 0.713. The maximum absolute atomic E-state index is 3.20. The van der Waals surface area contributed by atoms with E-state index < -0.39 is 0 Å². The predicted octanol–water partition coefficient (Wildman–Crippen LogP) is 4.95. The molecule has 2 aromatic rings. The third kappa shape index (κ3) is 2.62. The predicted molar refractivity (Wildman–Crippen MR) is 70.5 cm³/mol. The number of aromatic amines is 1. The number of hydrogen-bond acceptors (Lipinski definition) is 0. The molecular weight excluding hydrogens is 182 g/mol. The molecule has 15 heavy (non-hydrogen) atoms. The van der Waals surface area contributed by atoms with Crippen LogP contribution < -0.4 is 0 Å². The van der Waals surface area contributed by atoms with Gasteiger partial charge in [-0.25, -0.2) is 0 Å². The van der Waals surface area contributed by atoms with Crippen molar-refractivity contribution in [3.05, 3.63) is 36.0 Å². The van der Waals surface area contributed by atoms with Crippen molar-refractivity contribution in [3.8, 4) is 0 Å². The molecule has 0 aliphatic carbocycles. The third-order valence-electron chi connectivity index (χ3n) is 2.76. The zero-order valence-electron chi connectivity index (χ0n) is 10.2. The first kappa shape index (κ1) is 11.8. The van der Waals surface area contributed by atoms with E-state index in [1.165, 1.54) is 22.9 Å². The molecule has 1 heterocycles. The summed E-state index contributed by atoms with van der Waals surface area (Å²) < 4.78 is 0. The van der Waals surface area contributed by atoms with Gasteiger partial charge in [0.2, 0.25) is 0 Å². The van der Waals surface area contributed by atoms with Gasteiger partial charge in [0.1, 0.15) is 0 Å². The molecule has 0 saturated heterocycles. The summed E-state index contributed by atoms with van der Waals surface area (Å²) in [5.41, 5.74) is 2.67. The molecule has 84 valence electrons. The van der Waals surface area contributed by atoms with Crippen LogP contribution in [0.2, 0.25) is 0 Å². The van der Waals surface area contributed by atoms with Crippen LogP contribution >= 0.6 is 0 Å². The van der Waals surface area contributed by atoms with Crippen molar-refractivity contribution in [2.45, 2.75) is 40.0 Å². The van der Waals surface area contributed by atoms with Gasteiger partial charge in [0.25, 0.3) is 0 Å². The van der Waals surface area contributed by atoms with Crippen LogP contribution in [0.3, 0.4) is 0 Å². The molecule has 1 heteroatoms. The molecule has 0 spiro atoms. The maximum atomic E-state index is 3.20. The van der Waals surface area contributed by atoms with E-state index in [9.17, 15) is 0 Å². The molecule has 0 radical (unpaired) electrons. The van der Waals surface area contributed by atoms with Crippen LogP contribution in [0.4, 0.5) is 0 Å². The van der Waals surface area contributed by atoms with Gasteiger partial charge in [0, 0.05) is 13.1 Å². The number of H-pyrrole nitrogens is 1. The molecule has 1 nitrogen and oxygen atoms in total. The van der Waals surface area contributed by atoms with Crippen LogP contribution in [0, 0.1) is 0 Å². The number of aromatic nitrogens is 1. The highest BCUT2D eigenvalue weighted by molar-refractivity contribution is 5.80. The van der Waals surface area contributed by atoms with E-state index in [0.29, 0.717) is 5.92 Å². The Balaban J connectivity index is 0.000000711. The zero-order valence-corrected chi connectivity index (χ0v) is 10.2. The molecule has 1 aromatic carbocycles. The minimum atomic E-state index is 0. The lowest BCUT2D eigenvalue weighted by molar-refractivity contribution is 0.735. The first-order valence-corrected chi connectivity index (χ1v) is 5.88. The van der Waals surface area contributed by atoms with Crippen molar-refractivity contribution in [2.75, 3.05) is 0 Å². The average Bonchev–Trinajstić information content (AvgIpc) is 2.77. The van der Waals surface area contributed by atoms with Crippen LogP contribution in [0.1, 0.15) is 47.0 Å². The lowest BCUT2D eigenvalue weighted by Crippen LogP contribution is -1.89. The van der Waals surface area contributed by atoms with Gasteiger partial charge in [-0.05, 0) is 41.5 Å². The number of nitrogens with one attached hydrogen (secondary N) is 1. The van der Waals surface area contributed by atoms with Gasteiger partial charge >= 0.3 is 0 Å². The highest BCUT2D eigenvalue weighted by atomic mass is 14.7. The Kier molecular flexibility index (Phi) is 4.41. The standard InChI is InChI=1S/C12H15N.C2H6.H2/c1-3-9(2)10-4-5-12-11(8-10)6-7-13-12;1-2;/h4-9,13H,3H2,1-2H3;1-2H3;1H. The molecule has 1 atom stereocenters. The van der Waals surface area contributed by atoms with Crippen LogP contribution in [0.15, 0.2) is 30.5 Å². The minimum absolute atomic E-state index is 0. The molecule has 1 aromatic heterocycles. The topological polar surface area (TPSA) is 15.8 Å². The van der Waals surface area contributed by atoms with Gasteiger partial charge in [-0.3, -0.25) is 0 Å². The normalized spacial score (nSPS) is 12.0. The zero-order chi connectivity index (χ0) is 11.3. The molecule has 1 N–H and O–H groups in total. The first-order valence-electron chi connectivity index (χ1n) is 5.88. The highest BCUT2D eigenvalue weighted by Crippen LogP contribution is 2.22. The summed E-state index contributed by atoms with van der Waals surface area (Å²) in [5.74, 6) is 0.666. The molecule has 2 rings (SSSR count). The van der Waals surface area contributed by atoms with E-state index in [1.807, 2.05) is 20.0 Å². The summed E-state index contributed by atoms with van der Waals surface area (Å²) in [6.07, 6.45) is 3.20. The largest absolute Gasteiger partial charge is 0.361 e. The third-order valence-corrected chi connectivity index (χ3v) is 2.76. The van der Waals surface area contributed by atoms with Crippen LogP contribution in [0.5, 0.6) is 0 Å². The van der Waals surface area contributed by atoms with Crippen LogP contribution in [0.25, 0.3) is 10.9 Å². The Hall–Kier alpha value is -1.24. The van der Waals surface area contributed by atoms with E-state index >= 15 is 0 Å². The minimum Gasteiger partial charge on any atom is -0.361 e. The fourth-order valence-corrected chi connectivity index (χ4v) is 1.61. The van der Waals surface area contributed by atoms with Gasteiger partial charge in [-0.1, -0.05) is 33.8 Å².